The number of aryl methyl sites for hydroxylation is 2. The molecule has 0 saturated carbocycles. The van der Waals surface area contributed by atoms with Crippen molar-refractivity contribution in [3.8, 4) is 0 Å². The standard InChI is InChI=1S/C23H23N7O.C21H21N7/c1-15(31)30-11-10-16-8-9-19(12-17(16)14-30)26-23-24-13-20-21(28-29(2)22(20)27-23)25-18-6-4-3-5-7-18;1-28-20-18(19(27-28)24-16-5-3-2-4-6-16)13-23-21(26-20)25-17-8-7-14-9-10-22-12-15(14)11-17/h3-9,12-13H,10-11,14H2,1-2H3,(H,25,28)(H,24,26,27);2-8,11,13,22H,9-10,12H2,1H3,(H,24,27)(H,23,25,26). The lowest BCUT2D eigenvalue weighted by Crippen LogP contribution is -2.34. The second-order valence-electron chi connectivity index (χ2n) is 14.6. The van der Waals surface area contributed by atoms with E-state index in [0.29, 0.717) is 24.3 Å². The van der Waals surface area contributed by atoms with Gasteiger partial charge in [-0.2, -0.15) is 20.2 Å². The third kappa shape index (κ3) is 8.22. The summed E-state index contributed by atoms with van der Waals surface area (Å²) in [5, 5.41) is 27.5. The maximum Gasteiger partial charge on any atom is 0.229 e. The Kier molecular flexibility index (Phi) is 10.2. The highest BCUT2D eigenvalue weighted by Gasteiger charge is 2.19. The number of hydrogen-bond acceptors (Lipinski definition) is 12. The molecule has 0 saturated heterocycles. The van der Waals surface area contributed by atoms with Gasteiger partial charge in [0, 0.05) is 75.8 Å². The van der Waals surface area contributed by atoms with Gasteiger partial charge < -0.3 is 31.5 Å². The second-order valence-corrected chi connectivity index (χ2v) is 14.6. The van der Waals surface area contributed by atoms with Gasteiger partial charge in [0.05, 0.1) is 10.8 Å². The number of anilines is 8. The molecule has 15 nitrogen and oxygen atoms in total. The van der Waals surface area contributed by atoms with Gasteiger partial charge in [-0.25, -0.2) is 19.3 Å². The Morgan fingerprint density at radius 1 is 0.610 bits per heavy atom. The molecule has 0 aliphatic carbocycles. The third-order valence-electron chi connectivity index (χ3n) is 10.5. The van der Waals surface area contributed by atoms with Crippen molar-refractivity contribution in [2.75, 3.05) is 34.4 Å². The lowest BCUT2D eigenvalue weighted by atomic mass is 9.99. The normalized spacial score (nSPS) is 13.2. The van der Waals surface area contributed by atoms with Gasteiger partial charge in [0.25, 0.3) is 0 Å². The van der Waals surface area contributed by atoms with Crippen molar-refractivity contribution in [3.63, 3.8) is 0 Å². The predicted octanol–water partition coefficient (Wildman–Crippen LogP) is 7.25. The van der Waals surface area contributed by atoms with Gasteiger partial charge in [0.15, 0.2) is 22.9 Å². The topological polar surface area (TPSA) is 168 Å². The number of rotatable bonds is 8. The minimum Gasteiger partial charge on any atom is -0.338 e. The van der Waals surface area contributed by atoms with Gasteiger partial charge in [0.1, 0.15) is 0 Å². The summed E-state index contributed by atoms with van der Waals surface area (Å²) in [7, 11) is 3.75. The molecule has 4 aromatic heterocycles. The zero-order valence-corrected chi connectivity index (χ0v) is 33.1. The van der Waals surface area contributed by atoms with Crippen molar-refractivity contribution >= 4 is 74.3 Å². The van der Waals surface area contributed by atoms with Crippen LogP contribution in [0.25, 0.3) is 22.1 Å². The Labute approximate surface area is 340 Å². The van der Waals surface area contributed by atoms with Crippen LogP contribution in [0.5, 0.6) is 0 Å². The minimum absolute atomic E-state index is 0.105. The first-order valence-corrected chi connectivity index (χ1v) is 19.6. The fraction of sp³-hybridized carbons (Fsp3) is 0.205. The van der Waals surface area contributed by atoms with E-state index in [-0.39, 0.29) is 5.91 Å². The molecular weight excluding hydrogens is 741 g/mol. The highest BCUT2D eigenvalue weighted by Crippen LogP contribution is 2.29. The number of carbonyl (C=O) groups is 1. The number of hydrogen-bond donors (Lipinski definition) is 5. The smallest absolute Gasteiger partial charge is 0.229 e. The van der Waals surface area contributed by atoms with Crippen LogP contribution in [-0.2, 0) is 44.8 Å². The van der Waals surface area contributed by atoms with Crippen molar-refractivity contribution in [3.05, 3.63) is 132 Å². The third-order valence-corrected chi connectivity index (χ3v) is 10.5. The maximum absolute atomic E-state index is 11.7. The molecule has 0 fully saturated rings. The van der Waals surface area contributed by atoms with Gasteiger partial charge in [-0.15, -0.1) is 0 Å². The van der Waals surface area contributed by atoms with Crippen LogP contribution < -0.4 is 26.6 Å². The molecule has 296 valence electrons. The molecule has 0 radical (unpaired) electrons. The Bertz CT molecular complexity index is 2780. The lowest BCUT2D eigenvalue weighted by Gasteiger charge is -2.28. The number of carbonyl (C=O) groups excluding carboxylic acids is 1. The van der Waals surface area contributed by atoms with Crippen LogP contribution in [0.2, 0.25) is 0 Å². The summed E-state index contributed by atoms with van der Waals surface area (Å²) in [4.78, 5) is 31.9. The average molecular weight is 785 g/mol. The summed E-state index contributed by atoms with van der Waals surface area (Å²) < 4.78 is 3.51. The van der Waals surface area contributed by atoms with Crippen molar-refractivity contribution in [1.82, 2.24) is 49.7 Å². The molecule has 6 heterocycles. The summed E-state index contributed by atoms with van der Waals surface area (Å²) in [6.45, 7) is 4.97. The summed E-state index contributed by atoms with van der Waals surface area (Å²) in [5.41, 5.74) is 10.5. The van der Waals surface area contributed by atoms with Crippen LogP contribution in [-0.4, -0.2) is 63.4 Å². The summed E-state index contributed by atoms with van der Waals surface area (Å²) >= 11 is 0. The molecule has 1 amide bonds. The molecule has 0 atom stereocenters. The summed E-state index contributed by atoms with van der Waals surface area (Å²) in [5.74, 6) is 2.63. The van der Waals surface area contributed by atoms with E-state index >= 15 is 0 Å². The van der Waals surface area contributed by atoms with Gasteiger partial charge in [0.2, 0.25) is 17.8 Å². The first kappa shape index (κ1) is 37.2. The zero-order valence-electron chi connectivity index (χ0n) is 33.1. The zero-order chi connectivity index (χ0) is 40.3. The highest BCUT2D eigenvalue weighted by atomic mass is 16.2. The van der Waals surface area contributed by atoms with Crippen molar-refractivity contribution in [2.24, 2.45) is 14.1 Å². The fourth-order valence-corrected chi connectivity index (χ4v) is 7.42. The van der Waals surface area contributed by atoms with Gasteiger partial charge in [-0.1, -0.05) is 48.5 Å². The molecule has 4 aromatic carbocycles. The quantitative estimate of drug-likeness (QED) is 0.105. The van der Waals surface area contributed by atoms with Crippen LogP contribution in [0, 0.1) is 0 Å². The number of nitrogens with zero attached hydrogens (tertiary/aromatic N) is 9. The van der Waals surface area contributed by atoms with E-state index in [2.05, 4.69) is 87.0 Å². The average Bonchev–Trinajstić information content (AvgIpc) is 3.74. The number of amides is 1. The molecular formula is C44H44N14O. The molecule has 15 heteroatoms. The van der Waals surface area contributed by atoms with Crippen LogP contribution in [0.4, 0.5) is 46.3 Å². The van der Waals surface area contributed by atoms with Crippen molar-refractivity contribution in [2.45, 2.75) is 32.9 Å². The first-order chi connectivity index (χ1) is 28.8. The molecule has 2 aliphatic heterocycles. The second kappa shape index (κ2) is 16.2. The molecule has 5 N–H and O–H groups in total. The molecule has 10 rings (SSSR count). The van der Waals surface area contributed by atoms with E-state index in [4.69, 9.17) is 0 Å². The van der Waals surface area contributed by atoms with Crippen LogP contribution in [0.15, 0.2) is 109 Å². The lowest BCUT2D eigenvalue weighted by molar-refractivity contribution is -0.129. The van der Waals surface area contributed by atoms with E-state index < -0.39 is 0 Å². The molecule has 0 unspecified atom stereocenters. The van der Waals surface area contributed by atoms with E-state index in [1.165, 1.54) is 16.7 Å². The summed E-state index contributed by atoms with van der Waals surface area (Å²) in [6.07, 6.45) is 5.54. The van der Waals surface area contributed by atoms with E-state index in [1.54, 1.807) is 22.5 Å². The molecule has 8 aromatic rings. The maximum atomic E-state index is 11.7. The number of para-hydroxylation sites is 2. The number of nitrogens with one attached hydrogen (secondary N) is 5. The van der Waals surface area contributed by atoms with E-state index in [0.717, 1.165) is 88.7 Å². The van der Waals surface area contributed by atoms with Crippen LogP contribution in [0.3, 0.4) is 0 Å². The van der Waals surface area contributed by atoms with E-state index in [9.17, 15) is 4.79 Å². The predicted molar refractivity (Wildman–Crippen MR) is 232 cm³/mol. The fourth-order valence-electron chi connectivity index (χ4n) is 7.42. The Morgan fingerprint density at radius 2 is 1.14 bits per heavy atom. The largest absolute Gasteiger partial charge is 0.338 e. The number of aromatic nitrogens is 8. The minimum atomic E-state index is 0.105. The van der Waals surface area contributed by atoms with Crippen molar-refractivity contribution in [1.29, 1.82) is 0 Å². The molecule has 0 bridgehead atoms. The molecule has 2 aliphatic rings. The number of benzene rings is 4. The Morgan fingerprint density at radius 3 is 1.68 bits per heavy atom. The van der Waals surface area contributed by atoms with Crippen molar-refractivity contribution < 1.29 is 4.79 Å². The van der Waals surface area contributed by atoms with Crippen LogP contribution >= 0.6 is 0 Å². The van der Waals surface area contributed by atoms with Gasteiger partial charge in [-0.05, 0) is 90.2 Å². The number of fused-ring (bicyclic) bond motifs is 4. The summed E-state index contributed by atoms with van der Waals surface area (Å²) in [6, 6.07) is 32.5. The van der Waals surface area contributed by atoms with E-state index in [1.807, 2.05) is 91.9 Å². The first-order valence-electron chi connectivity index (χ1n) is 19.6. The van der Waals surface area contributed by atoms with Gasteiger partial charge in [-0.3, -0.25) is 4.79 Å². The van der Waals surface area contributed by atoms with Gasteiger partial charge >= 0.3 is 0 Å². The Hall–Kier alpha value is -7.39. The molecule has 0 spiro atoms. The van der Waals surface area contributed by atoms with Crippen LogP contribution in [0.1, 0.15) is 29.2 Å². The monoisotopic (exact) mass is 784 g/mol. The SMILES string of the molecule is CC(=O)N1CCc2ccc(Nc3ncc4c(Nc5ccccc5)nn(C)c4n3)cc2C1.Cn1nc(Nc2ccccc2)c2cnc(Nc3ccc4c(c3)CNCC4)nc21. The Balaban J connectivity index is 0.000000153. The molecule has 59 heavy (non-hydrogen) atoms. The highest BCUT2D eigenvalue weighted by molar-refractivity contribution is 5.90.